The molecule has 0 saturated carbocycles. The van der Waals surface area contributed by atoms with Gasteiger partial charge < -0.3 is 19.1 Å². The van der Waals surface area contributed by atoms with Crippen LogP contribution in [0.4, 0.5) is 5.69 Å². The second-order valence-electron chi connectivity index (χ2n) is 8.61. The maximum absolute atomic E-state index is 13.0. The monoisotopic (exact) mass is 477 g/mol. The highest BCUT2D eigenvalue weighted by Crippen LogP contribution is 2.40. The van der Waals surface area contributed by atoms with Crippen LogP contribution in [0.1, 0.15) is 17.2 Å². The predicted molar refractivity (Wildman–Crippen MR) is 135 cm³/mol. The Morgan fingerprint density at radius 2 is 1.69 bits per heavy atom. The molecule has 0 fully saturated rings. The van der Waals surface area contributed by atoms with E-state index < -0.39 is 11.7 Å². The number of aryl methyl sites for hydroxylation is 1. The number of H-pyrrole nitrogens is 1. The third-order valence-electron chi connectivity index (χ3n) is 6.47. The van der Waals surface area contributed by atoms with Crippen molar-refractivity contribution in [3.8, 4) is 5.75 Å². The van der Waals surface area contributed by atoms with Crippen LogP contribution >= 0.6 is 0 Å². The zero-order valence-corrected chi connectivity index (χ0v) is 20.4. The summed E-state index contributed by atoms with van der Waals surface area (Å²) in [5.41, 5.74) is 1.70. The minimum absolute atomic E-state index is 0.153. The van der Waals surface area contributed by atoms with Gasteiger partial charge in [0.05, 0.1) is 38.8 Å². The zero-order chi connectivity index (χ0) is 24.9. The van der Waals surface area contributed by atoms with Crippen molar-refractivity contribution in [1.29, 1.82) is 0 Å². The number of aromatic amines is 1. The Morgan fingerprint density at radius 1 is 0.971 bits per heavy atom. The van der Waals surface area contributed by atoms with E-state index in [1.54, 1.807) is 39.0 Å². The van der Waals surface area contributed by atoms with Gasteiger partial charge >= 0.3 is 5.69 Å². The molecule has 4 rings (SSSR count). The lowest BCUT2D eigenvalue weighted by molar-refractivity contribution is 0.119. The lowest BCUT2D eigenvalue weighted by Gasteiger charge is -2.39. The van der Waals surface area contributed by atoms with Gasteiger partial charge in [0.1, 0.15) is 11.5 Å². The van der Waals surface area contributed by atoms with Crippen molar-refractivity contribution in [2.24, 2.45) is 5.92 Å². The van der Waals surface area contributed by atoms with E-state index in [4.69, 9.17) is 14.2 Å². The number of anilines is 1. The third kappa shape index (κ3) is 5.02. The SMILES string of the molecule is COC[C@H]1C(OC)=C[C@@H](n2cc(C)c(=O)[nH]c2=O)[C@@H]1N(Cc1ccccc1)c1ccc(OC)cc1. The van der Waals surface area contributed by atoms with Crippen molar-refractivity contribution >= 4 is 5.69 Å². The number of methoxy groups -OCH3 is 3. The van der Waals surface area contributed by atoms with Crippen LogP contribution < -0.4 is 20.9 Å². The van der Waals surface area contributed by atoms with Crippen molar-refractivity contribution in [2.75, 3.05) is 32.8 Å². The molecule has 1 aromatic heterocycles. The summed E-state index contributed by atoms with van der Waals surface area (Å²) in [6, 6.07) is 17.4. The fourth-order valence-electron chi connectivity index (χ4n) is 4.75. The number of rotatable bonds is 9. The molecule has 0 unspecified atom stereocenters. The Kier molecular flexibility index (Phi) is 7.41. The first kappa shape index (κ1) is 24.3. The Balaban J connectivity index is 1.88. The summed E-state index contributed by atoms with van der Waals surface area (Å²) in [7, 11) is 4.92. The fraction of sp³-hybridized carbons (Fsp3) is 0.333. The molecule has 8 nitrogen and oxygen atoms in total. The van der Waals surface area contributed by atoms with E-state index in [2.05, 4.69) is 22.0 Å². The number of benzene rings is 2. The van der Waals surface area contributed by atoms with E-state index in [1.165, 1.54) is 0 Å². The number of nitrogens with zero attached hydrogens (tertiary/aromatic N) is 2. The summed E-state index contributed by atoms with van der Waals surface area (Å²) in [6.45, 7) is 2.69. The normalized spacial score (nSPS) is 19.3. The summed E-state index contributed by atoms with van der Waals surface area (Å²) in [4.78, 5) is 29.7. The first-order valence-corrected chi connectivity index (χ1v) is 11.5. The summed E-state index contributed by atoms with van der Waals surface area (Å²) >= 11 is 0. The molecular weight excluding hydrogens is 446 g/mol. The van der Waals surface area contributed by atoms with Crippen LogP contribution in [-0.4, -0.2) is 43.5 Å². The molecule has 1 aliphatic rings. The van der Waals surface area contributed by atoms with Gasteiger partial charge in [0.2, 0.25) is 0 Å². The standard InChI is InChI=1S/C27H31N3O5/c1-18-15-30(27(32)28-26(18)31)23-14-24(35-4)22(17-33-2)25(23)29(16-19-8-6-5-7-9-19)20-10-12-21(34-3)13-11-20/h5-15,22-23,25H,16-17H2,1-4H3,(H,28,31,32)/t22-,23+,25+/m0/s1. The molecule has 1 aliphatic carbocycles. The van der Waals surface area contributed by atoms with E-state index in [9.17, 15) is 9.59 Å². The molecule has 2 aromatic carbocycles. The number of aromatic nitrogens is 2. The van der Waals surface area contributed by atoms with Crippen molar-refractivity contribution in [2.45, 2.75) is 25.6 Å². The number of nitrogens with one attached hydrogen (secondary N) is 1. The largest absolute Gasteiger partial charge is 0.501 e. The molecule has 184 valence electrons. The predicted octanol–water partition coefficient (Wildman–Crippen LogP) is 3.28. The Bertz CT molecular complexity index is 1280. The van der Waals surface area contributed by atoms with Crippen LogP contribution in [-0.2, 0) is 16.0 Å². The molecule has 0 amide bonds. The topological polar surface area (TPSA) is 85.8 Å². The molecular formula is C27H31N3O5. The van der Waals surface area contributed by atoms with Crippen LogP contribution in [0.25, 0.3) is 0 Å². The molecule has 35 heavy (non-hydrogen) atoms. The smallest absolute Gasteiger partial charge is 0.328 e. The molecule has 1 heterocycles. The van der Waals surface area contributed by atoms with Gasteiger partial charge in [0, 0.05) is 31.1 Å². The average Bonchev–Trinajstić information content (AvgIpc) is 3.23. The summed E-state index contributed by atoms with van der Waals surface area (Å²) in [5.74, 6) is 1.34. The number of ether oxygens (including phenoxy) is 3. The van der Waals surface area contributed by atoms with Gasteiger partial charge in [-0.2, -0.15) is 0 Å². The van der Waals surface area contributed by atoms with Gasteiger partial charge in [0.15, 0.2) is 0 Å². The molecule has 1 N–H and O–H groups in total. The number of hydrogen-bond acceptors (Lipinski definition) is 6. The highest BCUT2D eigenvalue weighted by atomic mass is 16.5. The first-order valence-electron chi connectivity index (χ1n) is 11.5. The second-order valence-corrected chi connectivity index (χ2v) is 8.61. The van der Waals surface area contributed by atoms with Crippen molar-refractivity contribution < 1.29 is 14.2 Å². The maximum atomic E-state index is 13.0. The zero-order valence-electron chi connectivity index (χ0n) is 20.4. The van der Waals surface area contributed by atoms with Gasteiger partial charge in [0.25, 0.3) is 5.56 Å². The fourth-order valence-corrected chi connectivity index (χ4v) is 4.75. The molecule has 0 radical (unpaired) electrons. The maximum Gasteiger partial charge on any atom is 0.328 e. The summed E-state index contributed by atoms with van der Waals surface area (Å²) in [5, 5.41) is 0. The quantitative estimate of drug-likeness (QED) is 0.509. The summed E-state index contributed by atoms with van der Waals surface area (Å²) in [6.07, 6.45) is 3.57. The van der Waals surface area contributed by atoms with Gasteiger partial charge in [-0.05, 0) is 42.8 Å². The van der Waals surface area contributed by atoms with Crippen LogP contribution in [0.3, 0.4) is 0 Å². The Morgan fingerprint density at radius 3 is 2.31 bits per heavy atom. The molecule has 0 aliphatic heterocycles. The highest BCUT2D eigenvalue weighted by Gasteiger charge is 2.43. The molecule has 0 spiro atoms. The van der Waals surface area contributed by atoms with Crippen molar-refractivity contribution in [1.82, 2.24) is 9.55 Å². The second kappa shape index (κ2) is 10.7. The van der Waals surface area contributed by atoms with E-state index in [-0.39, 0.29) is 17.5 Å². The van der Waals surface area contributed by atoms with E-state index >= 15 is 0 Å². The molecule has 0 bridgehead atoms. The van der Waals surface area contributed by atoms with Crippen LogP contribution in [0.15, 0.2) is 82.2 Å². The van der Waals surface area contributed by atoms with E-state index in [0.29, 0.717) is 18.7 Å². The lowest BCUT2D eigenvalue weighted by atomic mass is 9.96. The third-order valence-corrected chi connectivity index (χ3v) is 6.47. The van der Waals surface area contributed by atoms with Gasteiger partial charge in [-0.25, -0.2) is 4.79 Å². The molecule has 3 aromatic rings. The van der Waals surface area contributed by atoms with E-state index in [0.717, 1.165) is 22.8 Å². The molecule has 0 saturated heterocycles. The minimum atomic E-state index is -0.463. The van der Waals surface area contributed by atoms with E-state index in [1.807, 2.05) is 48.5 Å². The van der Waals surface area contributed by atoms with Gasteiger partial charge in [-0.1, -0.05) is 30.3 Å². The number of hydrogen-bond donors (Lipinski definition) is 1. The molecule has 8 heteroatoms. The lowest BCUT2D eigenvalue weighted by Crippen LogP contribution is -2.47. The van der Waals surface area contributed by atoms with Crippen molar-refractivity contribution in [3.05, 3.63) is 105 Å². The first-order chi connectivity index (χ1) is 17.0. The Labute approximate surface area is 204 Å². The average molecular weight is 478 g/mol. The molecule has 3 atom stereocenters. The van der Waals surface area contributed by atoms with Gasteiger partial charge in [-0.15, -0.1) is 0 Å². The minimum Gasteiger partial charge on any atom is -0.501 e. The van der Waals surface area contributed by atoms with Crippen LogP contribution in [0, 0.1) is 12.8 Å². The highest BCUT2D eigenvalue weighted by molar-refractivity contribution is 5.52. The van der Waals surface area contributed by atoms with Crippen LogP contribution in [0.5, 0.6) is 5.75 Å². The van der Waals surface area contributed by atoms with Gasteiger partial charge in [-0.3, -0.25) is 14.3 Å². The van der Waals surface area contributed by atoms with Crippen molar-refractivity contribution in [3.63, 3.8) is 0 Å². The Hall–Kier alpha value is -3.78. The van der Waals surface area contributed by atoms with Crippen LogP contribution in [0.2, 0.25) is 0 Å². The summed E-state index contributed by atoms with van der Waals surface area (Å²) < 4.78 is 18.3.